The number of nitrogens with zero attached hydrogens (tertiary/aromatic N) is 3. The van der Waals surface area contributed by atoms with Gasteiger partial charge in [0.15, 0.2) is 17.5 Å². The number of aromatic nitrogens is 3. The Bertz CT molecular complexity index is 3520. The van der Waals surface area contributed by atoms with Crippen LogP contribution in [0.1, 0.15) is 11.1 Å². The normalized spacial score (nSPS) is 11.8. The highest BCUT2D eigenvalue weighted by atomic mass is 16.5. The molecular weight excluding hydrogens is 783 g/mol. The van der Waals surface area contributed by atoms with Crippen LogP contribution in [-0.4, -0.2) is 15.0 Å². The Morgan fingerprint density at radius 3 is 1.55 bits per heavy atom. The molecule has 1 aliphatic heterocycles. The maximum atomic E-state index is 7.10. The smallest absolute Gasteiger partial charge is 0.164 e. The van der Waals surface area contributed by atoms with Crippen LogP contribution in [0.25, 0.3) is 113 Å². The van der Waals surface area contributed by atoms with Gasteiger partial charge in [-0.3, -0.25) is 0 Å². The topological polar surface area (TPSA) is 61.0 Å². The predicted molar refractivity (Wildman–Crippen MR) is 261 cm³/mol. The van der Waals surface area contributed by atoms with Crippen LogP contribution >= 0.6 is 0 Å². The highest BCUT2D eigenvalue weighted by molar-refractivity contribution is 6.07. The summed E-state index contributed by atoms with van der Waals surface area (Å²) in [7, 11) is 0. The molecule has 300 valence electrons. The molecule has 11 aromatic rings. The summed E-state index contributed by atoms with van der Waals surface area (Å²) < 4.78 is 13.6. The number of fused-ring (bicyclic) bond motifs is 9. The minimum Gasteiger partial charge on any atom is -0.456 e. The van der Waals surface area contributed by atoms with Gasteiger partial charge in [-0.25, -0.2) is 15.0 Å². The minimum absolute atomic E-state index is 0.555. The molecule has 0 bridgehead atoms. The number of furan rings is 1. The zero-order valence-electron chi connectivity index (χ0n) is 34.5. The number of hydrogen-bond donors (Lipinski definition) is 0. The van der Waals surface area contributed by atoms with E-state index in [0.29, 0.717) is 23.2 Å². The van der Waals surface area contributed by atoms with Gasteiger partial charge in [0, 0.05) is 38.6 Å². The van der Waals surface area contributed by atoms with Crippen LogP contribution in [0.3, 0.4) is 0 Å². The fourth-order valence-electron chi connectivity index (χ4n) is 8.79. The van der Waals surface area contributed by atoms with Crippen molar-refractivity contribution >= 4 is 34.1 Å². The van der Waals surface area contributed by atoms with Crippen LogP contribution in [0.15, 0.2) is 217 Å². The van der Waals surface area contributed by atoms with E-state index in [1.165, 1.54) is 0 Å². The fourth-order valence-corrected chi connectivity index (χ4v) is 8.79. The van der Waals surface area contributed by atoms with Crippen molar-refractivity contribution in [2.24, 2.45) is 0 Å². The number of para-hydroxylation sites is 2. The van der Waals surface area contributed by atoms with Crippen LogP contribution in [0.4, 0.5) is 0 Å². The van der Waals surface area contributed by atoms with E-state index in [4.69, 9.17) is 24.1 Å². The molecule has 3 heterocycles. The largest absolute Gasteiger partial charge is 0.456 e. The Hall–Kier alpha value is -8.67. The van der Waals surface area contributed by atoms with Gasteiger partial charge in [-0.2, -0.15) is 0 Å². The number of rotatable bonds is 5. The molecule has 5 nitrogen and oxygen atoms in total. The Kier molecular flexibility index (Phi) is 9.08. The highest BCUT2D eigenvalue weighted by Crippen LogP contribution is 2.46. The third-order valence-corrected chi connectivity index (χ3v) is 12.0. The lowest BCUT2D eigenvalue weighted by Gasteiger charge is -2.17. The zero-order chi connectivity index (χ0) is 42.4. The van der Waals surface area contributed by atoms with Crippen molar-refractivity contribution in [2.75, 3.05) is 0 Å². The summed E-state index contributed by atoms with van der Waals surface area (Å²) in [6.07, 6.45) is 4.38. The van der Waals surface area contributed by atoms with Gasteiger partial charge in [-0.05, 0) is 93.0 Å². The van der Waals surface area contributed by atoms with E-state index >= 15 is 0 Å². The molecule has 0 amide bonds. The van der Waals surface area contributed by atoms with Crippen molar-refractivity contribution < 1.29 is 9.15 Å². The van der Waals surface area contributed by atoms with Crippen molar-refractivity contribution in [3.05, 3.63) is 223 Å². The lowest BCUT2D eigenvalue weighted by molar-refractivity contribution is 0.487. The highest BCUT2D eigenvalue weighted by Gasteiger charge is 2.22. The van der Waals surface area contributed by atoms with Gasteiger partial charge in [-0.1, -0.05) is 176 Å². The molecule has 0 N–H and O–H groups in total. The number of benzene rings is 9. The maximum absolute atomic E-state index is 7.10. The van der Waals surface area contributed by atoms with Crippen molar-refractivity contribution in [3.63, 3.8) is 0 Å². The Morgan fingerprint density at radius 1 is 0.281 bits per heavy atom. The average Bonchev–Trinajstić information content (AvgIpc) is 3.73. The first-order valence-electron chi connectivity index (χ1n) is 21.4. The summed E-state index contributed by atoms with van der Waals surface area (Å²) in [6.45, 7) is 0. The first-order chi connectivity index (χ1) is 31.7. The zero-order valence-corrected chi connectivity index (χ0v) is 34.5. The second kappa shape index (κ2) is 15.7. The number of hydrogen-bond acceptors (Lipinski definition) is 5. The van der Waals surface area contributed by atoms with Crippen LogP contribution in [-0.2, 0) is 0 Å². The summed E-state index contributed by atoms with van der Waals surface area (Å²) in [5.41, 5.74) is 14.6. The van der Waals surface area contributed by atoms with Crippen molar-refractivity contribution in [1.82, 2.24) is 15.0 Å². The molecular formula is C59H37N3O2. The van der Waals surface area contributed by atoms with Crippen molar-refractivity contribution in [1.29, 1.82) is 0 Å². The molecule has 2 aromatic heterocycles. The van der Waals surface area contributed by atoms with Gasteiger partial charge in [0.25, 0.3) is 0 Å². The summed E-state index contributed by atoms with van der Waals surface area (Å²) in [5.74, 6) is 3.20. The predicted octanol–water partition coefficient (Wildman–Crippen LogP) is 15.7. The first-order valence-corrected chi connectivity index (χ1v) is 21.4. The summed E-state index contributed by atoms with van der Waals surface area (Å²) in [5, 5.41) is 2.01. The maximum Gasteiger partial charge on any atom is 0.164 e. The molecule has 0 radical (unpaired) electrons. The third-order valence-electron chi connectivity index (χ3n) is 12.0. The van der Waals surface area contributed by atoms with Crippen molar-refractivity contribution in [2.45, 2.75) is 0 Å². The Morgan fingerprint density at radius 2 is 0.828 bits per heavy atom. The molecule has 0 aliphatic carbocycles. The standard InChI is InChI=1S/C59H37N3O2/c1-4-16-38(17-5-1)44-32-45(39-18-6-2-7-19-39)34-46(33-44)59-61-57(42-21-8-3-9-22-42)60-58(62-59)43-31-30-41-29-28-40-20-10-11-23-47(40)48-24-12-14-26-53(48)63-56-36-51-49-25-13-15-27-54(49)64-55(51)37-52(56)50(41)35-43/h1-37H. The van der Waals surface area contributed by atoms with Gasteiger partial charge >= 0.3 is 0 Å². The molecule has 0 fully saturated rings. The van der Waals surface area contributed by atoms with Crippen LogP contribution in [0, 0.1) is 0 Å². The van der Waals surface area contributed by atoms with Crippen molar-refractivity contribution in [3.8, 4) is 90.2 Å². The van der Waals surface area contributed by atoms with Crippen LogP contribution in [0.5, 0.6) is 11.5 Å². The van der Waals surface area contributed by atoms with Gasteiger partial charge < -0.3 is 9.15 Å². The van der Waals surface area contributed by atoms with E-state index < -0.39 is 0 Å². The van der Waals surface area contributed by atoms with E-state index in [1.807, 2.05) is 72.8 Å². The molecule has 0 spiro atoms. The first kappa shape index (κ1) is 37.1. The number of ether oxygens (including phenoxy) is 1. The minimum atomic E-state index is 0.555. The van der Waals surface area contributed by atoms with E-state index in [1.54, 1.807) is 0 Å². The third kappa shape index (κ3) is 6.82. The molecule has 64 heavy (non-hydrogen) atoms. The molecule has 0 atom stereocenters. The van der Waals surface area contributed by atoms with Crippen LogP contribution in [0.2, 0.25) is 0 Å². The molecule has 0 saturated heterocycles. The lowest BCUT2D eigenvalue weighted by Crippen LogP contribution is -2.01. The van der Waals surface area contributed by atoms with Gasteiger partial charge in [-0.15, -0.1) is 0 Å². The summed E-state index contributed by atoms with van der Waals surface area (Å²) in [6, 6.07) is 73.1. The summed E-state index contributed by atoms with van der Waals surface area (Å²) in [4.78, 5) is 15.7. The SMILES string of the molecule is C1=Cc2ccc(-c3nc(-c4ccccc4)nc(-c4cc(-c5ccccc5)cc(-c5ccccc5)c4)n3)cc2-c2cc3oc4ccccc4c3cc2Oc2ccccc2-c2ccccc21. The Labute approximate surface area is 370 Å². The van der Waals surface area contributed by atoms with Crippen LogP contribution < -0.4 is 4.74 Å². The molecule has 0 unspecified atom stereocenters. The second-order valence-corrected chi connectivity index (χ2v) is 16.0. The van der Waals surface area contributed by atoms with E-state index in [0.717, 1.165) is 100 Å². The van der Waals surface area contributed by atoms with Gasteiger partial charge in [0.1, 0.15) is 22.7 Å². The molecule has 0 saturated carbocycles. The van der Waals surface area contributed by atoms with Gasteiger partial charge in [0.05, 0.1) is 0 Å². The summed E-state index contributed by atoms with van der Waals surface area (Å²) >= 11 is 0. The molecule has 5 heteroatoms. The molecule has 9 aromatic carbocycles. The average molecular weight is 820 g/mol. The quantitative estimate of drug-likeness (QED) is 0.173. The molecule has 12 rings (SSSR count). The fraction of sp³-hybridized carbons (Fsp3) is 0. The lowest BCUT2D eigenvalue weighted by atomic mass is 9.94. The molecule has 1 aliphatic rings. The monoisotopic (exact) mass is 819 g/mol. The van der Waals surface area contributed by atoms with E-state index in [2.05, 4.69) is 152 Å². The van der Waals surface area contributed by atoms with E-state index in [9.17, 15) is 0 Å². The van der Waals surface area contributed by atoms with E-state index in [-0.39, 0.29) is 0 Å². The van der Waals surface area contributed by atoms with Gasteiger partial charge in [0.2, 0.25) is 0 Å². The Balaban J connectivity index is 1.09. The second-order valence-electron chi connectivity index (χ2n) is 16.0.